The zero-order chi connectivity index (χ0) is 18.2. The largest absolute Gasteiger partial charge is 0.760 e. The van der Waals surface area contributed by atoms with E-state index in [0.717, 1.165) is 17.5 Å². The summed E-state index contributed by atoms with van der Waals surface area (Å²) in [4.78, 5) is 11.0. The van der Waals surface area contributed by atoms with Gasteiger partial charge in [0.1, 0.15) is 0 Å². The number of nitrogens with two attached hydrogens (primary N) is 1. The van der Waals surface area contributed by atoms with Crippen LogP contribution in [-0.4, -0.2) is 32.1 Å². The number of carbonyl (C=O) groups excluding carboxylic acids is 1. The minimum atomic E-state index is -2.27. The summed E-state index contributed by atoms with van der Waals surface area (Å²) in [6.07, 6.45) is 1.98. The van der Waals surface area contributed by atoms with Gasteiger partial charge in [0.15, 0.2) is 0 Å². The summed E-state index contributed by atoms with van der Waals surface area (Å²) in [5.74, 6) is -0.459. The Labute approximate surface area is 155 Å². The topological polar surface area (TPSA) is 86.5 Å². The number of hydrogen-bond acceptors (Lipinski definition) is 3. The van der Waals surface area contributed by atoms with Crippen molar-refractivity contribution in [2.45, 2.75) is 19.3 Å². The molecular formula is C18H20ClN2O3S-. The van der Waals surface area contributed by atoms with E-state index in [4.69, 9.17) is 17.3 Å². The fourth-order valence-corrected chi connectivity index (χ4v) is 3.25. The molecule has 0 saturated heterocycles. The maximum Gasteiger partial charge on any atom is 0.248 e. The predicted molar refractivity (Wildman–Crippen MR) is 98.9 cm³/mol. The molecule has 0 aromatic heterocycles. The van der Waals surface area contributed by atoms with E-state index >= 15 is 0 Å². The number of amides is 1. The van der Waals surface area contributed by atoms with Crippen LogP contribution in [0.2, 0.25) is 5.02 Å². The lowest BCUT2D eigenvalue weighted by Gasteiger charge is -2.24. The first-order valence-corrected chi connectivity index (χ1v) is 9.35. The number of carbonyl (C=O) groups is 1. The monoisotopic (exact) mass is 379 g/mol. The Kier molecular flexibility index (Phi) is 7.58. The average Bonchev–Trinajstić information content (AvgIpc) is 2.59. The Balaban J connectivity index is 1.84. The molecule has 1 unspecified atom stereocenters. The van der Waals surface area contributed by atoms with Crippen molar-refractivity contribution in [2.24, 2.45) is 5.73 Å². The Morgan fingerprint density at radius 1 is 1.08 bits per heavy atom. The average molecular weight is 380 g/mol. The molecule has 0 bridgehead atoms. The van der Waals surface area contributed by atoms with Crippen LogP contribution in [0.5, 0.6) is 0 Å². The Morgan fingerprint density at radius 3 is 2.36 bits per heavy atom. The van der Waals surface area contributed by atoms with Gasteiger partial charge in [0, 0.05) is 34.9 Å². The standard InChI is InChI=1S/C18H21ClN2O3S/c19-17-6-2-1-5-15(17)11-13-21(25(23)24)12-3-4-14-7-9-16(10-8-14)18(20)22/h1-2,5-10H,3-4,11-13H2,(H2,20,22)(H,23,24)/p-1. The third-order valence-electron chi connectivity index (χ3n) is 3.91. The molecule has 0 radical (unpaired) electrons. The van der Waals surface area contributed by atoms with Gasteiger partial charge in [-0.1, -0.05) is 41.9 Å². The van der Waals surface area contributed by atoms with Crippen molar-refractivity contribution in [3.8, 4) is 0 Å². The van der Waals surface area contributed by atoms with Crippen LogP contribution in [0.15, 0.2) is 48.5 Å². The van der Waals surface area contributed by atoms with E-state index in [0.29, 0.717) is 36.5 Å². The molecule has 0 aliphatic carbocycles. The molecule has 134 valence electrons. The van der Waals surface area contributed by atoms with Crippen LogP contribution in [0.1, 0.15) is 27.9 Å². The summed E-state index contributed by atoms with van der Waals surface area (Å²) in [5.41, 5.74) is 7.64. The Morgan fingerprint density at radius 2 is 1.76 bits per heavy atom. The molecule has 0 aliphatic heterocycles. The van der Waals surface area contributed by atoms with E-state index in [-0.39, 0.29) is 0 Å². The summed E-state index contributed by atoms with van der Waals surface area (Å²) in [6, 6.07) is 14.5. The molecule has 1 amide bonds. The summed E-state index contributed by atoms with van der Waals surface area (Å²) in [7, 11) is 0. The second-order valence-electron chi connectivity index (χ2n) is 5.65. The summed E-state index contributed by atoms with van der Waals surface area (Å²) in [5, 5.41) is 0.647. The van der Waals surface area contributed by atoms with E-state index in [1.165, 1.54) is 4.31 Å². The molecule has 2 aromatic carbocycles. The van der Waals surface area contributed by atoms with Crippen molar-refractivity contribution < 1.29 is 13.6 Å². The summed E-state index contributed by atoms with van der Waals surface area (Å²) >= 11 is 3.83. The molecule has 0 fully saturated rings. The lowest BCUT2D eigenvalue weighted by Crippen LogP contribution is -2.29. The fourth-order valence-electron chi connectivity index (χ4n) is 2.50. The minimum absolute atomic E-state index is 0.389. The number of primary amides is 1. The van der Waals surface area contributed by atoms with Gasteiger partial charge in [0.05, 0.1) is 0 Å². The van der Waals surface area contributed by atoms with Crippen molar-refractivity contribution in [1.29, 1.82) is 0 Å². The van der Waals surface area contributed by atoms with Crippen LogP contribution < -0.4 is 5.73 Å². The smallest absolute Gasteiger partial charge is 0.248 e. The fraction of sp³-hybridized carbons (Fsp3) is 0.278. The van der Waals surface area contributed by atoms with E-state index in [1.54, 1.807) is 18.2 Å². The van der Waals surface area contributed by atoms with E-state index in [1.807, 2.05) is 30.3 Å². The highest BCUT2D eigenvalue weighted by Crippen LogP contribution is 2.16. The Bertz CT molecular complexity index is 737. The first kappa shape index (κ1) is 19.6. The lowest BCUT2D eigenvalue weighted by atomic mass is 10.1. The zero-order valence-electron chi connectivity index (χ0n) is 13.7. The van der Waals surface area contributed by atoms with Gasteiger partial charge in [-0.15, -0.1) is 0 Å². The third kappa shape index (κ3) is 6.25. The zero-order valence-corrected chi connectivity index (χ0v) is 15.3. The van der Waals surface area contributed by atoms with Crippen molar-refractivity contribution in [3.63, 3.8) is 0 Å². The summed E-state index contributed by atoms with van der Waals surface area (Å²) < 4.78 is 24.2. The molecule has 0 saturated carbocycles. The molecule has 2 N–H and O–H groups in total. The van der Waals surface area contributed by atoms with Crippen molar-refractivity contribution >= 4 is 28.8 Å². The molecule has 5 nitrogen and oxygen atoms in total. The quantitative estimate of drug-likeness (QED) is 0.679. The van der Waals surface area contributed by atoms with Crippen LogP contribution >= 0.6 is 11.6 Å². The van der Waals surface area contributed by atoms with Crippen molar-refractivity contribution in [1.82, 2.24) is 4.31 Å². The normalized spacial score (nSPS) is 12.3. The minimum Gasteiger partial charge on any atom is -0.760 e. The maximum absolute atomic E-state index is 11.4. The van der Waals surface area contributed by atoms with E-state index in [2.05, 4.69) is 0 Å². The van der Waals surface area contributed by atoms with Gasteiger partial charge in [-0.3, -0.25) is 9.00 Å². The number of halogens is 1. The van der Waals surface area contributed by atoms with Gasteiger partial charge >= 0.3 is 0 Å². The lowest BCUT2D eigenvalue weighted by molar-refractivity contribution is 0.100. The van der Waals surface area contributed by atoms with Crippen LogP contribution in [-0.2, 0) is 24.1 Å². The van der Waals surface area contributed by atoms with Gasteiger partial charge in [-0.25, -0.2) is 4.31 Å². The van der Waals surface area contributed by atoms with E-state index < -0.39 is 17.2 Å². The number of aryl methyl sites for hydroxylation is 1. The SMILES string of the molecule is NC(=O)c1ccc(CCCN(CCc2ccccc2Cl)S(=O)[O-])cc1. The van der Waals surface area contributed by atoms with Crippen LogP contribution in [0.3, 0.4) is 0 Å². The van der Waals surface area contributed by atoms with Crippen LogP contribution in [0.25, 0.3) is 0 Å². The summed E-state index contributed by atoms with van der Waals surface area (Å²) in [6.45, 7) is 0.818. The first-order chi connectivity index (χ1) is 12.0. The van der Waals surface area contributed by atoms with Crippen LogP contribution in [0, 0.1) is 0 Å². The molecule has 7 heteroatoms. The van der Waals surface area contributed by atoms with Crippen LogP contribution in [0.4, 0.5) is 0 Å². The first-order valence-electron chi connectivity index (χ1n) is 7.94. The third-order valence-corrected chi connectivity index (χ3v) is 5.07. The van der Waals surface area contributed by atoms with Gasteiger partial charge in [0.25, 0.3) is 0 Å². The highest BCUT2D eigenvalue weighted by atomic mass is 35.5. The van der Waals surface area contributed by atoms with Gasteiger partial charge in [-0.2, -0.15) is 0 Å². The number of rotatable bonds is 9. The maximum atomic E-state index is 11.4. The van der Waals surface area contributed by atoms with Gasteiger partial charge < -0.3 is 10.3 Å². The highest BCUT2D eigenvalue weighted by Gasteiger charge is 2.08. The second-order valence-corrected chi connectivity index (χ2v) is 7.01. The number of nitrogens with zero attached hydrogens (tertiary/aromatic N) is 1. The molecule has 2 aromatic rings. The van der Waals surface area contributed by atoms with Crippen molar-refractivity contribution in [3.05, 3.63) is 70.2 Å². The molecule has 25 heavy (non-hydrogen) atoms. The molecular weight excluding hydrogens is 360 g/mol. The number of benzene rings is 2. The Hall–Kier alpha value is -1.73. The molecule has 2 rings (SSSR count). The number of hydrogen-bond donors (Lipinski definition) is 1. The second kappa shape index (κ2) is 9.68. The van der Waals surface area contributed by atoms with E-state index in [9.17, 15) is 13.6 Å². The van der Waals surface area contributed by atoms with Gasteiger partial charge in [-0.05, 0) is 48.6 Å². The highest BCUT2D eigenvalue weighted by molar-refractivity contribution is 7.76. The van der Waals surface area contributed by atoms with Gasteiger partial charge in [0.2, 0.25) is 5.91 Å². The van der Waals surface area contributed by atoms with Crippen molar-refractivity contribution in [2.75, 3.05) is 13.1 Å². The molecule has 0 spiro atoms. The molecule has 1 atom stereocenters. The molecule has 0 heterocycles. The predicted octanol–water partition coefficient (Wildman–Crippen LogP) is 2.71. The molecule has 0 aliphatic rings.